The third-order valence-electron chi connectivity index (χ3n) is 3.78. The molecule has 3 rings (SSSR count). The smallest absolute Gasteiger partial charge is 0.234 e. The molecule has 0 unspecified atom stereocenters. The van der Waals surface area contributed by atoms with Gasteiger partial charge in [-0.05, 0) is 24.1 Å². The summed E-state index contributed by atoms with van der Waals surface area (Å²) < 4.78 is 2.06. The maximum absolute atomic E-state index is 12.3. The van der Waals surface area contributed by atoms with Crippen molar-refractivity contribution >= 4 is 46.6 Å². The van der Waals surface area contributed by atoms with Crippen LogP contribution in [0.2, 0.25) is 10.0 Å². The van der Waals surface area contributed by atoms with Crippen molar-refractivity contribution < 1.29 is 4.79 Å². The average Bonchev–Trinajstić information content (AvgIpc) is 3.01. The van der Waals surface area contributed by atoms with Gasteiger partial charge in [-0.25, -0.2) is 0 Å². The van der Waals surface area contributed by atoms with E-state index < -0.39 is 0 Å². The Morgan fingerprint density at radius 3 is 2.43 bits per heavy atom. The molecule has 8 heteroatoms. The van der Waals surface area contributed by atoms with Crippen molar-refractivity contribution in [2.24, 2.45) is 5.92 Å². The number of hydrogen-bond donors (Lipinski definition) is 1. The van der Waals surface area contributed by atoms with Gasteiger partial charge in [0, 0.05) is 27.8 Å². The number of carbonyl (C=O) groups excluding carboxylic acids is 1. The van der Waals surface area contributed by atoms with Crippen LogP contribution >= 0.6 is 35.0 Å². The van der Waals surface area contributed by atoms with E-state index in [0.29, 0.717) is 26.8 Å². The van der Waals surface area contributed by atoms with Gasteiger partial charge in [0.2, 0.25) is 5.91 Å². The van der Waals surface area contributed by atoms with Crippen LogP contribution in [0.15, 0.2) is 53.7 Å². The molecule has 0 bridgehead atoms. The Morgan fingerprint density at radius 2 is 1.79 bits per heavy atom. The lowest BCUT2D eigenvalue weighted by atomic mass is 10.2. The molecule has 0 atom stereocenters. The summed E-state index contributed by atoms with van der Waals surface area (Å²) in [6.45, 7) is 5.04. The van der Waals surface area contributed by atoms with Gasteiger partial charge in [-0.3, -0.25) is 4.79 Å². The van der Waals surface area contributed by atoms with Crippen LogP contribution in [0, 0.1) is 5.92 Å². The number of thioether (sulfide) groups is 1. The zero-order chi connectivity index (χ0) is 20.1. The fourth-order valence-electron chi connectivity index (χ4n) is 2.68. The fourth-order valence-corrected chi connectivity index (χ4v) is 3.95. The Kier molecular flexibility index (Phi) is 6.99. The first-order chi connectivity index (χ1) is 13.4. The third-order valence-corrected chi connectivity index (χ3v) is 5.18. The molecule has 0 saturated heterocycles. The van der Waals surface area contributed by atoms with Crippen LogP contribution in [0.1, 0.15) is 13.8 Å². The molecule has 0 saturated carbocycles. The van der Waals surface area contributed by atoms with Crippen molar-refractivity contribution in [1.29, 1.82) is 0 Å². The summed E-state index contributed by atoms with van der Waals surface area (Å²) >= 11 is 13.3. The van der Waals surface area contributed by atoms with Gasteiger partial charge in [0.25, 0.3) is 0 Å². The van der Waals surface area contributed by atoms with Gasteiger partial charge in [0.1, 0.15) is 0 Å². The molecule has 0 fully saturated rings. The molecule has 0 aliphatic rings. The average molecular weight is 435 g/mol. The van der Waals surface area contributed by atoms with Crippen molar-refractivity contribution in [2.75, 3.05) is 11.1 Å². The predicted octanol–water partition coefficient (Wildman–Crippen LogP) is 5.64. The third kappa shape index (κ3) is 5.50. The number of benzene rings is 2. The molecule has 1 aromatic heterocycles. The van der Waals surface area contributed by atoms with Crippen molar-refractivity contribution in [1.82, 2.24) is 14.8 Å². The normalized spacial score (nSPS) is 11.0. The Bertz CT molecular complexity index is 940. The summed E-state index contributed by atoms with van der Waals surface area (Å²) in [5, 5.41) is 13.1. The SMILES string of the molecule is CC(C)Cn1c(SCC(=O)Nc2cc(Cl)cc(Cl)c2)nnc1-c1ccccc1. The molecule has 1 amide bonds. The Hall–Kier alpha value is -2.02. The zero-order valence-electron chi connectivity index (χ0n) is 15.5. The van der Waals surface area contributed by atoms with Crippen LogP contribution < -0.4 is 5.32 Å². The number of halogens is 2. The standard InChI is InChI=1S/C20H20Cl2N4OS/c1-13(2)11-26-19(14-6-4-3-5-7-14)24-25-20(26)28-12-18(27)23-17-9-15(21)8-16(22)10-17/h3-10,13H,11-12H2,1-2H3,(H,23,27). The van der Waals surface area contributed by atoms with E-state index in [1.165, 1.54) is 11.8 Å². The maximum Gasteiger partial charge on any atom is 0.234 e. The lowest BCUT2D eigenvalue weighted by Crippen LogP contribution is -2.15. The van der Waals surface area contributed by atoms with Gasteiger partial charge in [0.05, 0.1) is 5.75 Å². The molecular weight excluding hydrogens is 415 g/mol. The molecule has 0 aliphatic carbocycles. The molecule has 1 N–H and O–H groups in total. The van der Waals surface area contributed by atoms with Gasteiger partial charge >= 0.3 is 0 Å². The van der Waals surface area contributed by atoms with Crippen molar-refractivity contribution in [3.05, 3.63) is 58.6 Å². The fraction of sp³-hybridized carbons (Fsp3) is 0.250. The lowest BCUT2D eigenvalue weighted by molar-refractivity contribution is -0.113. The van der Waals surface area contributed by atoms with Crippen LogP contribution in [-0.2, 0) is 11.3 Å². The van der Waals surface area contributed by atoms with Crippen molar-refractivity contribution in [3.8, 4) is 11.4 Å². The highest BCUT2D eigenvalue weighted by molar-refractivity contribution is 7.99. The Morgan fingerprint density at radius 1 is 1.11 bits per heavy atom. The molecule has 146 valence electrons. The second kappa shape index (κ2) is 9.45. The van der Waals surface area contributed by atoms with Crippen LogP contribution in [0.5, 0.6) is 0 Å². The van der Waals surface area contributed by atoms with Crippen molar-refractivity contribution in [2.45, 2.75) is 25.5 Å². The van der Waals surface area contributed by atoms with Gasteiger partial charge < -0.3 is 9.88 Å². The largest absolute Gasteiger partial charge is 0.325 e. The summed E-state index contributed by atoms with van der Waals surface area (Å²) in [4.78, 5) is 12.3. The summed E-state index contributed by atoms with van der Waals surface area (Å²) in [7, 11) is 0. The number of rotatable bonds is 7. The summed E-state index contributed by atoms with van der Waals surface area (Å²) in [5.41, 5.74) is 1.57. The van der Waals surface area contributed by atoms with E-state index in [1.54, 1.807) is 18.2 Å². The van der Waals surface area contributed by atoms with E-state index in [2.05, 4.69) is 33.9 Å². The molecule has 1 heterocycles. The summed E-state index contributed by atoms with van der Waals surface area (Å²) in [6.07, 6.45) is 0. The molecule has 2 aromatic carbocycles. The maximum atomic E-state index is 12.3. The van der Waals surface area contributed by atoms with Crippen molar-refractivity contribution in [3.63, 3.8) is 0 Å². The number of anilines is 1. The summed E-state index contributed by atoms with van der Waals surface area (Å²) in [5.74, 6) is 1.26. The van der Waals surface area contributed by atoms with Gasteiger partial charge in [-0.1, -0.05) is 79.1 Å². The number of aromatic nitrogens is 3. The topological polar surface area (TPSA) is 59.8 Å². The summed E-state index contributed by atoms with van der Waals surface area (Å²) in [6, 6.07) is 14.9. The molecule has 5 nitrogen and oxygen atoms in total. The highest BCUT2D eigenvalue weighted by Gasteiger charge is 2.16. The Balaban J connectivity index is 1.73. The van der Waals surface area contributed by atoms with Gasteiger partial charge in [0.15, 0.2) is 11.0 Å². The highest BCUT2D eigenvalue weighted by atomic mass is 35.5. The van der Waals surface area contributed by atoms with Crippen LogP contribution in [0.3, 0.4) is 0 Å². The molecule has 0 spiro atoms. The molecule has 28 heavy (non-hydrogen) atoms. The van der Waals surface area contributed by atoms with E-state index in [-0.39, 0.29) is 11.7 Å². The Labute approximate surface area is 178 Å². The number of nitrogens with zero attached hydrogens (tertiary/aromatic N) is 3. The molecule has 0 radical (unpaired) electrons. The van der Waals surface area contributed by atoms with Gasteiger partial charge in [-0.15, -0.1) is 10.2 Å². The molecule has 3 aromatic rings. The van der Waals surface area contributed by atoms with Crippen LogP contribution in [-0.4, -0.2) is 26.4 Å². The van der Waals surface area contributed by atoms with Gasteiger partial charge in [-0.2, -0.15) is 0 Å². The number of nitrogens with one attached hydrogen (secondary N) is 1. The first-order valence-corrected chi connectivity index (χ1v) is 10.5. The van der Waals surface area contributed by atoms with E-state index in [4.69, 9.17) is 23.2 Å². The highest BCUT2D eigenvalue weighted by Crippen LogP contribution is 2.26. The van der Waals surface area contributed by atoms with E-state index >= 15 is 0 Å². The number of hydrogen-bond acceptors (Lipinski definition) is 4. The van der Waals surface area contributed by atoms with Crippen LogP contribution in [0.25, 0.3) is 11.4 Å². The quantitative estimate of drug-likeness (QED) is 0.488. The predicted molar refractivity (Wildman–Crippen MR) is 116 cm³/mol. The van der Waals surface area contributed by atoms with E-state index in [9.17, 15) is 4.79 Å². The minimum atomic E-state index is -0.163. The monoisotopic (exact) mass is 434 g/mol. The zero-order valence-corrected chi connectivity index (χ0v) is 17.9. The molecule has 0 aliphatic heterocycles. The first-order valence-electron chi connectivity index (χ1n) is 8.79. The number of carbonyl (C=O) groups is 1. The number of amides is 1. The van der Waals surface area contributed by atoms with Crippen LogP contribution in [0.4, 0.5) is 5.69 Å². The minimum absolute atomic E-state index is 0.163. The van der Waals surface area contributed by atoms with E-state index in [0.717, 1.165) is 17.9 Å². The lowest BCUT2D eigenvalue weighted by Gasteiger charge is -2.12. The van der Waals surface area contributed by atoms with E-state index in [1.807, 2.05) is 30.3 Å². The second-order valence-corrected chi connectivity index (χ2v) is 8.49. The first kappa shape index (κ1) is 20.7. The molecular formula is C20H20Cl2N4OS. The second-order valence-electron chi connectivity index (χ2n) is 6.67. The minimum Gasteiger partial charge on any atom is -0.325 e.